The van der Waals surface area contributed by atoms with Crippen molar-refractivity contribution in [2.75, 3.05) is 13.2 Å². The number of benzene rings is 5. The van der Waals surface area contributed by atoms with E-state index in [0.29, 0.717) is 5.56 Å². The summed E-state index contributed by atoms with van der Waals surface area (Å²) in [6.45, 7) is 0.431. The Kier molecular flexibility index (Phi) is 16.8. The monoisotopic (exact) mass is 887 g/mol. The summed E-state index contributed by atoms with van der Waals surface area (Å²) in [6, 6.07) is 43.0. The Hall–Kier alpha value is -6.46. The number of aliphatic hydroxyl groups excluding tert-OH is 1. The molecule has 0 aliphatic carbocycles. The highest BCUT2D eigenvalue weighted by atomic mass is 16.7. The lowest BCUT2D eigenvalue weighted by molar-refractivity contribution is -0.348. The number of rotatable bonds is 19. The third-order valence-electron chi connectivity index (χ3n) is 10.6. The zero-order valence-electron chi connectivity index (χ0n) is 35.4. The van der Waals surface area contributed by atoms with Crippen molar-refractivity contribution in [1.29, 1.82) is 0 Å². The van der Waals surface area contributed by atoms with Gasteiger partial charge in [0.15, 0.2) is 18.7 Å². The van der Waals surface area contributed by atoms with Crippen LogP contribution in [0.15, 0.2) is 157 Å². The number of azide groups is 1. The number of hydrogen-bond acceptors (Lipinski definition) is 14. The molecule has 0 radical (unpaired) electrons. The molecule has 0 spiro atoms. The molecule has 16 nitrogen and oxygen atoms in total. The molecule has 7 rings (SSSR count). The van der Waals surface area contributed by atoms with Gasteiger partial charge in [0.1, 0.15) is 55.9 Å². The van der Waals surface area contributed by atoms with Crippen LogP contribution in [0.4, 0.5) is 0 Å². The minimum Gasteiger partial charge on any atom is -0.463 e. The number of ether oxygens (including phenoxy) is 9. The van der Waals surface area contributed by atoms with Crippen LogP contribution in [0.2, 0.25) is 0 Å². The molecular weight excluding hydrogens is 839 g/mol. The summed E-state index contributed by atoms with van der Waals surface area (Å²) in [4.78, 5) is 42.4. The molecule has 16 heteroatoms. The van der Waals surface area contributed by atoms with Crippen LogP contribution in [-0.2, 0) is 67.2 Å². The summed E-state index contributed by atoms with van der Waals surface area (Å²) < 4.78 is 56.4. The molecule has 2 aliphatic rings. The molecule has 0 aromatic heterocycles. The van der Waals surface area contributed by atoms with Crippen molar-refractivity contribution < 1.29 is 62.1 Å². The van der Waals surface area contributed by atoms with Crippen LogP contribution in [-0.4, -0.2) is 97.6 Å². The summed E-state index contributed by atoms with van der Waals surface area (Å²) in [5.74, 6) is -2.09. The van der Waals surface area contributed by atoms with E-state index < -0.39 is 85.9 Å². The molecule has 2 saturated heterocycles. The molecule has 10 atom stereocenters. The van der Waals surface area contributed by atoms with Crippen molar-refractivity contribution in [2.45, 2.75) is 88.1 Å². The maximum Gasteiger partial charge on any atom is 0.338 e. The topological polar surface area (TPSA) is 203 Å². The van der Waals surface area contributed by atoms with E-state index in [1.807, 2.05) is 91.0 Å². The van der Waals surface area contributed by atoms with Crippen molar-refractivity contribution >= 4 is 17.9 Å². The highest BCUT2D eigenvalue weighted by Gasteiger charge is 2.54. The van der Waals surface area contributed by atoms with Gasteiger partial charge in [0.25, 0.3) is 0 Å². The van der Waals surface area contributed by atoms with Gasteiger partial charge in [0, 0.05) is 11.8 Å². The van der Waals surface area contributed by atoms with Crippen LogP contribution in [0.3, 0.4) is 0 Å². The lowest BCUT2D eigenvalue weighted by atomic mass is 9.95. The summed E-state index contributed by atoms with van der Waals surface area (Å²) in [5.41, 5.74) is 12.9. The van der Waals surface area contributed by atoms with E-state index in [1.165, 1.54) is 6.92 Å². The Morgan fingerprint density at radius 3 is 1.52 bits per heavy atom. The summed E-state index contributed by atoms with van der Waals surface area (Å²) in [5, 5.41) is 15.7. The van der Waals surface area contributed by atoms with E-state index >= 15 is 0 Å². The molecule has 5 aromatic carbocycles. The van der Waals surface area contributed by atoms with Crippen molar-refractivity contribution in [3.05, 3.63) is 190 Å². The Morgan fingerprint density at radius 2 is 1.02 bits per heavy atom. The summed E-state index contributed by atoms with van der Waals surface area (Å²) in [7, 11) is 0. The third-order valence-corrected chi connectivity index (χ3v) is 10.6. The first-order valence-electron chi connectivity index (χ1n) is 21.0. The van der Waals surface area contributed by atoms with Crippen LogP contribution in [0.1, 0.15) is 44.3 Å². The highest BCUT2D eigenvalue weighted by molar-refractivity contribution is 5.89. The Bertz CT molecular complexity index is 2310. The fourth-order valence-electron chi connectivity index (χ4n) is 7.46. The van der Waals surface area contributed by atoms with E-state index in [1.54, 1.807) is 60.7 Å². The zero-order chi connectivity index (χ0) is 45.4. The second-order valence-electron chi connectivity index (χ2n) is 15.2. The van der Waals surface area contributed by atoms with Crippen molar-refractivity contribution in [3.8, 4) is 0 Å². The maximum atomic E-state index is 13.6. The van der Waals surface area contributed by atoms with Gasteiger partial charge in [-0.25, -0.2) is 9.59 Å². The summed E-state index contributed by atoms with van der Waals surface area (Å²) in [6.07, 6.45) is -12.1. The second kappa shape index (κ2) is 23.5. The molecule has 0 saturated carbocycles. The molecule has 65 heavy (non-hydrogen) atoms. The van der Waals surface area contributed by atoms with Gasteiger partial charge in [-0.2, -0.15) is 0 Å². The van der Waals surface area contributed by atoms with Gasteiger partial charge in [-0.15, -0.1) is 0 Å². The first-order chi connectivity index (χ1) is 31.8. The molecule has 2 aliphatic heterocycles. The number of hydrogen-bond donors (Lipinski definition) is 1. The van der Waals surface area contributed by atoms with E-state index in [0.717, 1.165) is 16.7 Å². The zero-order valence-corrected chi connectivity index (χ0v) is 35.4. The number of carbonyl (C=O) groups excluding carboxylic acids is 3. The second-order valence-corrected chi connectivity index (χ2v) is 15.2. The predicted molar refractivity (Wildman–Crippen MR) is 231 cm³/mol. The van der Waals surface area contributed by atoms with Gasteiger partial charge in [-0.3, -0.25) is 4.79 Å². The van der Waals surface area contributed by atoms with Gasteiger partial charge < -0.3 is 47.7 Å². The standard InChI is InChI=1S/C49H49N3O13/c1-32(53)57-30-39-42(44(60-29-35-21-11-4-12-22-35)45(48(56)62-39)64-47(55)37-25-15-6-16-26-37)65-49-40(51-52-50)43(59-28-34-19-9-3-10-20-34)41(58-27-33-17-7-2-8-18-33)38(63-49)31-61-46(54)36-23-13-5-14-24-36/h2-26,38-45,48-49,56H,27-31H2,1H3/t38-,39+,40-,41-,42-,43-,44+,45-,48?,49-/m1/s1. The van der Waals surface area contributed by atoms with Gasteiger partial charge >= 0.3 is 17.9 Å². The van der Waals surface area contributed by atoms with E-state index in [4.69, 9.17) is 42.6 Å². The molecule has 5 aromatic rings. The molecule has 0 amide bonds. The molecule has 1 unspecified atom stereocenters. The van der Waals surface area contributed by atoms with Crippen molar-refractivity contribution in [3.63, 3.8) is 0 Å². The van der Waals surface area contributed by atoms with Gasteiger partial charge in [0.2, 0.25) is 0 Å². The highest BCUT2D eigenvalue weighted by Crippen LogP contribution is 2.36. The molecule has 1 N–H and O–H groups in total. The van der Waals surface area contributed by atoms with Crippen molar-refractivity contribution in [1.82, 2.24) is 0 Å². The summed E-state index contributed by atoms with van der Waals surface area (Å²) >= 11 is 0. The van der Waals surface area contributed by atoms with Crippen LogP contribution < -0.4 is 0 Å². The fourth-order valence-corrected chi connectivity index (χ4v) is 7.46. The Labute approximate surface area is 375 Å². The Balaban J connectivity index is 1.28. The normalized spacial score (nSPS) is 25.1. The minimum absolute atomic E-state index is 0.0333. The average Bonchev–Trinajstić information content (AvgIpc) is 3.34. The number of aliphatic hydroxyl groups is 1. The number of carbonyl (C=O) groups is 3. The smallest absolute Gasteiger partial charge is 0.338 e. The Morgan fingerprint density at radius 1 is 0.569 bits per heavy atom. The van der Waals surface area contributed by atoms with Crippen LogP contribution in [0.25, 0.3) is 10.4 Å². The van der Waals surface area contributed by atoms with Crippen molar-refractivity contribution in [2.24, 2.45) is 5.11 Å². The number of nitrogens with zero attached hydrogens (tertiary/aromatic N) is 3. The van der Waals surface area contributed by atoms with Crippen LogP contribution in [0.5, 0.6) is 0 Å². The van der Waals surface area contributed by atoms with E-state index in [2.05, 4.69) is 10.0 Å². The lowest BCUT2D eigenvalue weighted by Gasteiger charge is -2.48. The average molecular weight is 888 g/mol. The molecule has 2 fully saturated rings. The first-order valence-corrected chi connectivity index (χ1v) is 21.0. The van der Waals surface area contributed by atoms with Gasteiger partial charge in [0.05, 0.1) is 30.9 Å². The number of esters is 3. The fraction of sp³-hybridized carbons (Fsp3) is 0.327. The van der Waals surface area contributed by atoms with Crippen LogP contribution in [0, 0.1) is 0 Å². The quantitative estimate of drug-likeness (QED) is 0.0295. The molecule has 338 valence electrons. The molecule has 0 bridgehead atoms. The van der Waals surface area contributed by atoms with E-state index in [-0.39, 0.29) is 32.0 Å². The largest absolute Gasteiger partial charge is 0.463 e. The molecule has 2 heterocycles. The predicted octanol–water partition coefficient (Wildman–Crippen LogP) is 6.89. The maximum absolute atomic E-state index is 13.6. The third kappa shape index (κ3) is 12.8. The first kappa shape index (κ1) is 46.5. The lowest BCUT2D eigenvalue weighted by Crippen LogP contribution is -2.65. The van der Waals surface area contributed by atoms with E-state index in [9.17, 15) is 25.0 Å². The minimum atomic E-state index is -1.80. The van der Waals surface area contributed by atoms with Gasteiger partial charge in [-0.05, 0) is 46.5 Å². The SMILES string of the molecule is CC(=O)OC[C@@H]1OC(O)[C@H](OC(=O)c2ccccc2)[C@@H](OCc2ccccc2)[C@@H]1O[C@H]1O[C@H](COC(=O)c2ccccc2)[C@@H](OCc2ccccc2)[C@H](OCc2ccccc2)[C@H]1N=[N+]=[N-]. The van der Waals surface area contributed by atoms with Gasteiger partial charge in [-0.1, -0.05) is 133 Å². The van der Waals surface area contributed by atoms with Crippen LogP contribution >= 0.6 is 0 Å². The molecular formula is C49H49N3O13.